The lowest BCUT2D eigenvalue weighted by Crippen LogP contribution is -2.37. The van der Waals surface area contributed by atoms with Gasteiger partial charge in [-0.15, -0.1) is 0 Å². The summed E-state index contributed by atoms with van der Waals surface area (Å²) in [7, 11) is 0. The first-order chi connectivity index (χ1) is 9.02. The van der Waals surface area contributed by atoms with Crippen molar-refractivity contribution >= 4 is 17.4 Å². The van der Waals surface area contributed by atoms with Gasteiger partial charge in [0.1, 0.15) is 5.82 Å². The van der Waals surface area contributed by atoms with Gasteiger partial charge in [0.15, 0.2) is 0 Å². The lowest BCUT2D eigenvalue weighted by atomic mass is 9.83. The fraction of sp³-hybridized carbons (Fsp3) is 0.667. The van der Waals surface area contributed by atoms with Crippen LogP contribution in [0.15, 0.2) is 12.1 Å². The molecule has 0 aliphatic carbocycles. The van der Waals surface area contributed by atoms with Gasteiger partial charge in [-0.3, -0.25) is 0 Å². The Kier molecular flexibility index (Phi) is 4.69. The summed E-state index contributed by atoms with van der Waals surface area (Å²) in [5, 5.41) is 4.04. The molecule has 0 spiro atoms. The zero-order valence-electron chi connectivity index (χ0n) is 12.2. The van der Waals surface area contributed by atoms with Crippen LogP contribution in [0.2, 0.25) is 5.02 Å². The molecule has 1 saturated heterocycles. The van der Waals surface area contributed by atoms with Crippen LogP contribution < -0.4 is 10.2 Å². The van der Waals surface area contributed by atoms with Gasteiger partial charge in [-0.2, -0.15) is 0 Å². The highest BCUT2D eigenvalue weighted by Gasteiger charge is 2.26. The molecule has 0 atom stereocenters. The predicted octanol–water partition coefficient (Wildman–Crippen LogP) is 3.47. The highest BCUT2D eigenvalue weighted by Crippen LogP contribution is 2.32. The number of halogens is 1. The van der Waals surface area contributed by atoms with Crippen molar-refractivity contribution in [3.8, 4) is 0 Å². The Balaban J connectivity index is 2.08. The van der Waals surface area contributed by atoms with Crippen LogP contribution in [-0.2, 0) is 6.54 Å². The van der Waals surface area contributed by atoms with E-state index in [1.807, 2.05) is 12.1 Å². The molecule has 0 saturated carbocycles. The number of nitrogens with zero attached hydrogens (tertiary/aromatic N) is 2. The van der Waals surface area contributed by atoms with Gasteiger partial charge < -0.3 is 10.2 Å². The number of anilines is 1. The Labute approximate surface area is 121 Å². The topological polar surface area (TPSA) is 28.2 Å². The molecule has 0 bridgehead atoms. The van der Waals surface area contributed by atoms with E-state index >= 15 is 0 Å². The van der Waals surface area contributed by atoms with Gasteiger partial charge in [-0.1, -0.05) is 32.4 Å². The van der Waals surface area contributed by atoms with Gasteiger partial charge in [0.25, 0.3) is 0 Å². The van der Waals surface area contributed by atoms with Gasteiger partial charge in [0, 0.05) is 19.6 Å². The second-order valence-corrected chi connectivity index (χ2v) is 6.44. The van der Waals surface area contributed by atoms with Crippen LogP contribution in [0.25, 0.3) is 0 Å². The number of hydrogen-bond donors (Lipinski definition) is 1. The zero-order chi connectivity index (χ0) is 13.9. The number of hydrogen-bond acceptors (Lipinski definition) is 3. The molecule has 19 heavy (non-hydrogen) atoms. The molecule has 4 heteroatoms. The quantitative estimate of drug-likeness (QED) is 0.916. The Morgan fingerprint density at radius 3 is 2.63 bits per heavy atom. The minimum absolute atomic E-state index is 0.468. The monoisotopic (exact) mass is 281 g/mol. The summed E-state index contributed by atoms with van der Waals surface area (Å²) < 4.78 is 0. The molecule has 1 aromatic rings. The molecule has 1 aromatic heterocycles. The number of pyridine rings is 1. The average Bonchev–Trinajstić information content (AvgIpc) is 2.38. The maximum Gasteiger partial charge on any atom is 0.128 e. The van der Waals surface area contributed by atoms with Crippen molar-refractivity contribution in [2.24, 2.45) is 5.41 Å². The predicted molar refractivity (Wildman–Crippen MR) is 81.9 cm³/mol. The molecule has 0 amide bonds. The lowest BCUT2D eigenvalue weighted by molar-refractivity contribution is 0.279. The third kappa shape index (κ3) is 3.83. The first-order valence-corrected chi connectivity index (χ1v) is 7.51. The summed E-state index contributed by atoms with van der Waals surface area (Å²) in [5.74, 6) is 1.06. The van der Waals surface area contributed by atoms with Crippen LogP contribution in [0.1, 0.15) is 39.3 Å². The van der Waals surface area contributed by atoms with Crippen LogP contribution >= 0.6 is 11.6 Å². The Bertz CT molecular complexity index is 421. The van der Waals surface area contributed by atoms with Crippen LogP contribution in [0.4, 0.5) is 5.82 Å². The molecule has 1 aliphatic rings. The number of nitrogens with one attached hydrogen (secondary N) is 1. The molecule has 1 aliphatic heterocycles. The minimum Gasteiger partial charge on any atom is -0.357 e. The van der Waals surface area contributed by atoms with Crippen LogP contribution in [-0.4, -0.2) is 24.6 Å². The van der Waals surface area contributed by atoms with E-state index in [1.54, 1.807) is 0 Å². The molecular weight excluding hydrogens is 258 g/mol. The average molecular weight is 282 g/mol. The van der Waals surface area contributed by atoms with Crippen molar-refractivity contribution in [3.05, 3.63) is 22.8 Å². The van der Waals surface area contributed by atoms with Gasteiger partial charge >= 0.3 is 0 Å². The molecule has 0 unspecified atom stereocenters. The van der Waals surface area contributed by atoms with E-state index in [0.29, 0.717) is 5.41 Å². The second kappa shape index (κ2) is 6.10. The van der Waals surface area contributed by atoms with Gasteiger partial charge in [-0.05, 0) is 36.9 Å². The minimum atomic E-state index is 0.468. The van der Waals surface area contributed by atoms with E-state index < -0.39 is 0 Å². The molecule has 0 aromatic carbocycles. The Morgan fingerprint density at radius 1 is 1.32 bits per heavy atom. The lowest BCUT2D eigenvalue weighted by Gasteiger charge is -2.37. The van der Waals surface area contributed by atoms with Crippen molar-refractivity contribution in [1.82, 2.24) is 10.3 Å². The van der Waals surface area contributed by atoms with E-state index in [0.717, 1.165) is 42.7 Å². The molecule has 106 valence electrons. The molecule has 0 radical (unpaired) electrons. The van der Waals surface area contributed by atoms with Crippen molar-refractivity contribution < 1.29 is 0 Å². The van der Waals surface area contributed by atoms with E-state index in [9.17, 15) is 0 Å². The van der Waals surface area contributed by atoms with Gasteiger partial charge in [-0.25, -0.2) is 4.98 Å². The number of rotatable bonds is 4. The standard InChI is InChI=1S/C15H24ClN3/c1-4-17-11-13-12(16)5-6-14(18-13)19-9-7-15(2,3)8-10-19/h5-6,17H,4,7-11H2,1-3H3. The molecule has 3 nitrogen and oxygen atoms in total. The highest BCUT2D eigenvalue weighted by atomic mass is 35.5. The summed E-state index contributed by atoms with van der Waals surface area (Å²) in [6.07, 6.45) is 2.44. The zero-order valence-corrected chi connectivity index (χ0v) is 12.9. The van der Waals surface area contributed by atoms with Crippen molar-refractivity contribution in [1.29, 1.82) is 0 Å². The number of aromatic nitrogens is 1. The maximum atomic E-state index is 6.20. The number of piperidine rings is 1. The van der Waals surface area contributed by atoms with Gasteiger partial charge in [0.05, 0.1) is 10.7 Å². The highest BCUT2D eigenvalue weighted by molar-refractivity contribution is 6.31. The van der Waals surface area contributed by atoms with E-state index in [-0.39, 0.29) is 0 Å². The molecular formula is C15H24ClN3. The SMILES string of the molecule is CCNCc1nc(N2CCC(C)(C)CC2)ccc1Cl. The van der Waals surface area contributed by atoms with Crippen molar-refractivity contribution in [3.63, 3.8) is 0 Å². The second-order valence-electron chi connectivity index (χ2n) is 6.03. The fourth-order valence-electron chi connectivity index (χ4n) is 2.36. The van der Waals surface area contributed by atoms with Crippen molar-refractivity contribution in [2.45, 2.75) is 40.2 Å². The molecule has 1 fully saturated rings. The summed E-state index contributed by atoms with van der Waals surface area (Å²) in [6.45, 7) is 10.6. The van der Waals surface area contributed by atoms with E-state index in [2.05, 4.69) is 31.0 Å². The first-order valence-electron chi connectivity index (χ1n) is 7.13. The summed E-state index contributed by atoms with van der Waals surface area (Å²) >= 11 is 6.20. The van der Waals surface area contributed by atoms with E-state index in [1.165, 1.54) is 12.8 Å². The smallest absolute Gasteiger partial charge is 0.128 e. The molecule has 2 heterocycles. The van der Waals surface area contributed by atoms with Gasteiger partial charge in [0.2, 0.25) is 0 Å². The Morgan fingerprint density at radius 2 is 2.00 bits per heavy atom. The van der Waals surface area contributed by atoms with Crippen LogP contribution in [0.5, 0.6) is 0 Å². The largest absolute Gasteiger partial charge is 0.357 e. The summed E-state index contributed by atoms with van der Waals surface area (Å²) in [4.78, 5) is 7.08. The van der Waals surface area contributed by atoms with Crippen molar-refractivity contribution in [2.75, 3.05) is 24.5 Å². The molecule has 2 rings (SSSR count). The van der Waals surface area contributed by atoms with E-state index in [4.69, 9.17) is 16.6 Å². The third-order valence-electron chi connectivity index (χ3n) is 3.89. The normalized spacial score (nSPS) is 18.6. The first kappa shape index (κ1) is 14.6. The fourth-order valence-corrected chi connectivity index (χ4v) is 2.53. The maximum absolute atomic E-state index is 6.20. The van der Waals surface area contributed by atoms with Crippen LogP contribution in [0, 0.1) is 5.41 Å². The summed E-state index contributed by atoms with van der Waals surface area (Å²) in [5.41, 5.74) is 1.42. The molecule has 1 N–H and O–H groups in total. The summed E-state index contributed by atoms with van der Waals surface area (Å²) in [6, 6.07) is 4.01. The Hall–Kier alpha value is -0.800. The van der Waals surface area contributed by atoms with Crippen LogP contribution in [0.3, 0.4) is 0 Å². The third-order valence-corrected chi connectivity index (χ3v) is 4.23.